The van der Waals surface area contributed by atoms with E-state index in [4.69, 9.17) is 0 Å². The number of phenolic OH excluding ortho intramolecular Hbond substituents is 1. The van der Waals surface area contributed by atoms with Gasteiger partial charge in [-0.05, 0) is 98.8 Å². The molecule has 1 N–H and O–H groups in total. The Morgan fingerprint density at radius 1 is 0.667 bits per heavy atom. The summed E-state index contributed by atoms with van der Waals surface area (Å²) in [6.45, 7) is 2.88. The third-order valence-corrected chi connectivity index (χ3v) is 9.94. The Morgan fingerprint density at radius 3 is 1.73 bits per heavy atom. The van der Waals surface area contributed by atoms with Crippen molar-refractivity contribution in [2.75, 3.05) is 9.80 Å². The number of Topliss-reactive ketones (excluding diaryl/α,β-unsaturated/α-hetero) is 2. The highest BCUT2D eigenvalue weighted by Gasteiger charge is 2.62. The van der Waals surface area contributed by atoms with Crippen molar-refractivity contribution in [2.24, 2.45) is 29.6 Å². The molecule has 2 aliphatic heterocycles. The van der Waals surface area contributed by atoms with Gasteiger partial charge in [0.05, 0.1) is 35.0 Å². The van der Waals surface area contributed by atoms with E-state index in [1.165, 1.54) is 29.7 Å². The number of allylic oxidation sites excluding steroid dienone is 2. The summed E-state index contributed by atoms with van der Waals surface area (Å²) in [7, 11) is 0. The lowest BCUT2D eigenvalue weighted by Gasteiger charge is -2.44. The van der Waals surface area contributed by atoms with Crippen LogP contribution >= 0.6 is 0 Å². The van der Waals surface area contributed by atoms with Gasteiger partial charge in [0.2, 0.25) is 23.6 Å². The quantitative estimate of drug-likeness (QED) is 0.251. The fourth-order valence-electron chi connectivity index (χ4n) is 7.88. The maximum Gasteiger partial charge on any atom is 0.238 e. The van der Waals surface area contributed by atoms with E-state index in [1.807, 2.05) is 12.1 Å². The molecule has 6 atom stereocenters. The van der Waals surface area contributed by atoms with Crippen molar-refractivity contribution in [1.29, 1.82) is 0 Å². The number of hydrogen-bond acceptors (Lipinski definition) is 7. The molecule has 0 spiro atoms. The molecule has 3 fully saturated rings. The molecule has 0 bridgehead atoms. The number of carbonyl (C=O) groups excluding carboxylic acids is 6. The second kappa shape index (κ2) is 10.5. The Balaban J connectivity index is 1.29. The molecule has 4 aliphatic rings. The summed E-state index contributed by atoms with van der Waals surface area (Å²) in [6, 6.07) is 19.3. The molecule has 0 unspecified atom stereocenters. The normalized spacial score (nSPS) is 27.2. The lowest BCUT2D eigenvalue weighted by molar-refractivity contribution is -0.126. The second-order valence-electron chi connectivity index (χ2n) is 12.3. The van der Waals surface area contributed by atoms with E-state index >= 15 is 0 Å². The van der Waals surface area contributed by atoms with E-state index in [1.54, 1.807) is 60.7 Å². The number of ketones is 2. The van der Waals surface area contributed by atoms with Gasteiger partial charge >= 0.3 is 0 Å². The predicted octanol–water partition coefficient (Wildman–Crippen LogP) is 4.84. The highest BCUT2D eigenvalue weighted by Crippen LogP contribution is 2.58. The first kappa shape index (κ1) is 28.6. The molecule has 4 amide bonds. The lowest BCUT2D eigenvalue weighted by Crippen LogP contribution is -2.43. The predicted molar refractivity (Wildman–Crippen MR) is 163 cm³/mol. The maximum atomic E-state index is 14.2. The topological polar surface area (TPSA) is 129 Å². The van der Waals surface area contributed by atoms with Crippen molar-refractivity contribution in [2.45, 2.75) is 32.6 Å². The van der Waals surface area contributed by atoms with Crippen LogP contribution in [0.15, 0.2) is 84.4 Å². The maximum absolute atomic E-state index is 14.2. The van der Waals surface area contributed by atoms with Crippen LogP contribution in [-0.4, -0.2) is 40.3 Å². The summed E-state index contributed by atoms with van der Waals surface area (Å²) in [5.41, 5.74) is 3.16. The number of phenols is 1. The number of rotatable bonds is 5. The van der Waals surface area contributed by atoms with Gasteiger partial charge in [0.25, 0.3) is 0 Å². The van der Waals surface area contributed by atoms with Crippen LogP contribution in [0.5, 0.6) is 5.75 Å². The minimum Gasteiger partial charge on any atom is -0.508 e. The number of aromatic hydroxyl groups is 1. The van der Waals surface area contributed by atoms with Crippen LogP contribution in [0.25, 0.3) is 0 Å². The molecule has 45 heavy (non-hydrogen) atoms. The minimum atomic E-state index is -0.770. The average Bonchev–Trinajstić information content (AvgIpc) is 3.43. The Labute approximate surface area is 259 Å². The third kappa shape index (κ3) is 4.36. The molecular weight excluding hydrogens is 572 g/mol. The van der Waals surface area contributed by atoms with Crippen molar-refractivity contribution in [3.8, 4) is 5.75 Å². The molecule has 2 heterocycles. The van der Waals surface area contributed by atoms with E-state index < -0.39 is 35.5 Å². The summed E-state index contributed by atoms with van der Waals surface area (Å²) in [4.78, 5) is 82.1. The lowest BCUT2D eigenvalue weighted by atomic mass is 9.57. The van der Waals surface area contributed by atoms with Gasteiger partial charge in [0.15, 0.2) is 11.6 Å². The monoisotopic (exact) mass is 602 g/mol. The molecule has 3 aromatic carbocycles. The number of hydrogen-bond donors (Lipinski definition) is 1. The van der Waals surface area contributed by atoms with Crippen molar-refractivity contribution in [3.63, 3.8) is 0 Å². The van der Waals surface area contributed by atoms with Crippen LogP contribution in [0.4, 0.5) is 11.4 Å². The summed E-state index contributed by atoms with van der Waals surface area (Å²) in [5, 5.41) is 10.4. The molecule has 0 radical (unpaired) electrons. The zero-order valence-corrected chi connectivity index (χ0v) is 24.7. The number of benzene rings is 3. The second-order valence-corrected chi connectivity index (χ2v) is 12.3. The summed E-state index contributed by atoms with van der Waals surface area (Å²) < 4.78 is 0. The van der Waals surface area contributed by atoms with Gasteiger partial charge in [0, 0.05) is 17.0 Å². The summed E-state index contributed by atoms with van der Waals surface area (Å²) >= 11 is 0. The molecule has 3 aromatic rings. The number of amides is 4. The minimum absolute atomic E-state index is 0.0150. The number of carbonyl (C=O) groups is 6. The summed E-state index contributed by atoms with van der Waals surface area (Å²) in [5.74, 6) is -5.65. The van der Waals surface area contributed by atoms with Gasteiger partial charge in [-0.25, -0.2) is 0 Å². The largest absolute Gasteiger partial charge is 0.508 e. The first-order chi connectivity index (χ1) is 21.6. The summed E-state index contributed by atoms with van der Waals surface area (Å²) in [6.07, 6.45) is 2.47. The van der Waals surface area contributed by atoms with Gasteiger partial charge in [-0.3, -0.25) is 38.6 Å². The Hall–Kier alpha value is -5.18. The van der Waals surface area contributed by atoms with E-state index in [0.717, 1.165) is 5.57 Å². The molecule has 2 aliphatic carbocycles. The SMILES string of the molecule is CC(=O)c1ccc(N2C(=O)[C@H]3[C@H](CC=C4[C@H]3C[C@H]3C(=O)N(c5ccc(C(C)=O)cc5)C(=O)[C@H]3[C@H]4c3cccc(O)c3)C2=O)cc1. The molecule has 7 rings (SSSR count). The fraction of sp³-hybridized carbons (Fsp3) is 0.278. The van der Waals surface area contributed by atoms with Crippen LogP contribution in [0.1, 0.15) is 58.9 Å². The molecule has 226 valence electrons. The molecular formula is C36H30N2O7. The van der Waals surface area contributed by atoms with Crippen LogP contribution in [0.2, 0.25) is 0 Å². The number of imide groups is 2. The van der Waals surface area contributed by atoms with Gasteiger partial charge < -0.3 is 5.11 Å². The van der Waals surface area contributed by atoms with E-state index in [0.29, 0.717) is 34.5 Å². The zero-order chi connectivity index (χ0) is 31.7. The van der Waals surface area contributed by atoms with Gasteiger partial charge in [-0.1, -0.05) is 23.8 Å². The Morgan fingerprint density at radius 2 is 1.20 bits per heavy atom. The van der Waals surface area contributed by atoms with Crippen molar-refractivity contribution in [1.82, 2.24) is 0 Å². The van der Waals surface area contributed by atoms with Crippen molar-refractivity contribution >= 4 is 46.6 Å². The standard InChI is InChI=1S/C36H30N2O7/c1-18(39)20-6-10-23(11-7-20)37-33(42)27-15-14-26-28(31(27)35(37)44)17-29-32(30(26)22-4-3-5-25(41)16-22)36(45)38(34(29)43)24-12-8-21(9-13-24)19(2)40/h3-14,16,27-32,41H,15,17H2,1-2H3/t27-,28+,29+,30-,31-,32+/m0/s1. The zero-order valence-electron chi connectivity index (χ0n) is 24.7. The van der Waals surface area contributed by atoms with Gasteiger partial charge in [0.1, 0.15) is 5.75 Å². The van der Waals surface area contributed by atoms with Crippen LogP contribution in [0, 0.1) is 29.6 Å². The highest BCUT2D eigenvalue weighted by molar-refractivity contribution is 6.24. The first-order valence-electron chi connectivity index (χ1n) is 15.0. The van der Waals surface area contributed by atoms with Crippen LogP contribution in [-0.2, 0) is 19.2 Å². The number of fused-ring (bicyclic) bond motifs is 4. The average molecular weight is 603 g/mol. The van der Waals surface area contributed by atoms with Gasteiger partial charge in [-0.15, -0.1) is 0 Å². The van der Waals surface area contributed by atoms with Crippen molar-refractivity contribution < 1.29 is 33.9 Å². The fourth-order valence-corrected chi connectivity index (χ4v) is 7.88. The van der Waals surface area contributed by atoms with Crippen molar-refractivity contribution in [3.05, 3.63) is 101 Å². The van der Waals surface area contributed by atoms with E-state index in [2.05, 4.69) is 0 Å². The first-order valence-corrected chi connectivity index (χ1v) is 15.0. The van der Waals surface area contributed by atoms with Crippen LogP contribution in [0.3, 0.4) is 0 Å². The molecule has 9 heteroatoms. The molecule has 1 saturated carbocycles. The molecule has 2 saturated heterocycles. The molecule has 9 nitrogen and oxygen atoms in total. The number of nitrogens with zero attached hydrogens (tertiary/aromatic N) is 2. The van der Waals surface area contributed by atoms with Gasteiger partial charge in [-0.2, -0.15) is 0 Å². The van der Waals surface area contributed by atoms with E-state index in [-0.39, 0.29) is 47.4 Å². The molecule has 0 aromatic heterocycles. The van der Waals surface area contributed by atoms with E-state index in [9.17, 15) is 33.9 Å². The number of anilines is 2. The Kier molecular flexibility index (Phi) is 6.65. The third-order valence-electron chi connectivity index (χ3n) is 9.94. The smallest absolute Gasteiger partial charge is 0.238 e. The van der Waals surface area contributed by atoms with Crippen LogP contribution < -0.4 is 9.80 Å². The highest BCUT2D eigenvalue weighted by atomic mass is 16.3. The Bertz CT molecular complexity index is 1840.